The highest BCUT2D eigenvalue weighted by atomic mass is 35.5. The smallest absolute Gasteiger partial charge is 0.276 e. The molecular formula is C13H15Cl2N3OS. The van der Waals surface area contributed by atoms with Crippen LogP contribution in [0, 0.1) is 5.92 Å². The van der Waals surface area contributed by atoms with Gasteiger partial charge in [0.2, 0.25) is 5.89 Å². The van der Waals surface area contributed by atoms with Crippen LogP contribution in [-0.4, -0.2) is 10.2 Å². The standard InChI is InChI=1S/C13H15Cl2N3OS/c1-7(2)11(16)12-17-18-13(19-12)20-6-8-3-4-9(14)10(15)5-8/h3-5,7,11H,6,16H2,1-2H3/t11-/m0/s1. The minimum atomic E-state index is -0.234. The van der Waals surface area contributed by atoms with Crippen molar-refractivity contribution < 1.29 is 4.42 Å². The first-order chi connectivity index (χ1) is 9.47. The van der Waals surface area contributed by atoms with Gasteiger partial charge in [0, 0.05) is 5.75 Å². The fourth-order valence-electron chi connectivity index (χ4n) is 1.47. The third-order valence-electron chi connectivity index (χ3n) is 2.77. The number of nitrogens with zero attached hydrogens (tertiary/aromatic N) is 2. The summed E-state index contributed by atoms with van der Waals surface area (Å²) in [6.45, 7) is 4.02. The van der Waals surface area contributed by atoms with Gasteiger partial charge in [0.1, 0.15) is 0 Å². The van der Waals surface area contributed by atoms with Gasteiger partial charge in [-0.05, 0) is 23.6 Å². The number of benzene rings is 1. The molecule has 108 valence electrons. The van der Waals surface area contributed by atoms with Crippen LogP contribution in [0.15, 0.2) is 27.8 Å². The maximum atomic E-state index is 5.97. The summed E-state index contributed by atoms with van der Waals surface area (Å²) in [6, 6.07) is 5.28. The van der Waals surface area contributed by atoms with Gasteiger partial charge in [-0.25, -0.2) is 0 Å². The highest BCUT2D eigenvalue weighted by Gasteiger charge is 2.17. The van der Waals surface area contributed by atoms with E-state index in [1.54, 1.807) is 6.07 Å². The number of halogens is 2. The van der Waals surface area contributed by atoms with Crippen LogP contribution in [0.3, 0.4) is 0 Å². The van der Waals surface area contributed by atoms with Crippen LogP contribution >= 0.6 is 35.0 Å². The lowest BCUT2D eigenvalue weighted by molar-refractivity contribution is 0.349. The zero-order chi connectivity index (χ0) is 14.7. The Morgan fingerprint density at radius 1 is 1.25 bits per heavy atom. The van der Waals surface area contributed by atoms with Crippen molar-refractivity contribution in [3.8, 4) is 0 Å². The molecule has 4 nitrogen and oxygen atoms in total. The lowest BCUT2D eigenvalue weighted by atomic mass is 10.1. The van der Waals surface area contributed by atoms with Crippen molar-refractivity contribution in [3.63, 3.8) is 0 Å². The van der Waals surface area contributed by atoms with Crippen molar-refractivity contribution in [1.29, 1.82) is 0 Å². The van der Waals surface area contributed by atoms with Crippen LogP contribution in [0.5, 0.6) is 0 Å². The zero-order valence-electron chi connectivity index (χ0n) is 11.1. The molecule has 0 unspecified atom stereocenters. The van der Waals surface area contributed by atoms with Crippen LogP contribution in [0.2, 0.25) is 10.0 Å². The zero-order valence-corrected chi connectivity index (χ0v) is 13.5. The second kappa shape index (κ2) is 6.80. The molecule has 0 spiro atoms. The first kappa shape index (κ1) is 15.6. The molecule has 0 amide bonds. The molecule has 2 aromatic rings. The molecule has 0 saturated heterocycles. The second-order valence-electron chi connectivity index (χ2n) is 4.71. The number of rotatable bonds is 5. The van der Waals surface area contributed by atoms with Crippen molar-refractivity contribution >= 4 is 35.0 Å². The summed E-state index contributed by atoms with van der Waals surface area (Å²) in [5.74, 6) is 1.40. The minimum absolute atomic E-state index is 0.234. The van der Waals surface area contributed by atoms with Gasteiger partial charge in [-0.2, -0.15) is 0 Å². The fourth-order valence-corrected chi connectivity index (χ4v) is 2.51. The molecule has 0 aliphatic rings. The van der Waals surface area contributed by atoms with Gasteiger partial charge in [-0.1, -0.05) is 54.9 Å². The third-order valence-corrected chi connectivity index (χ3v) is 4.40. The second-order valence-corrected chi connectivity index (χ2v) is 6.45. The Morgan fingerprint density at radius 2 is 2.00 bits per heavy atom. The van der Waals surface area contributed by atoms with Crippen molar-refractivity contribution in [3.05, 3.63) is 39.7 Å². The van der Waals surface area contributed by atoms with E-state index in [0.717, 1.165) is 5.56 Å². The van der Waals surface area contributed by atoms with E-state index in [-0.39, 0.29) is 12.0 Å². The van der Waals surface area contributed by atoms with Crippen LogP contribution in [-0.2, 0) is 5.75 Å². The van der Waals surface area contributed by atoms with Crippen molar-refractivity contribution in [2.75, 3.05) is 0 Å². The SMILES string of the molecule is CC(C)[C@H](N)c1nnc(SCc2ccc(Cl)c(Cl)c2)o1. The van der Waals surface area contributed by atoms with Gasteiger partial charge in [0.05, 0.1) is 16.1 Å². The monoisotopic (exact) mass is 331 g/mol. The molecule has 7 heteroatoms. The third kappa shape index (κ3) is 3.88. The lowest BCUT2D eigenvalue weighted by Crippen LogP contribution is -2.16. The van der Waals surface area contributed by atoms with Crippen LogP contribution < -0.4 is 5.73 Å². The van der Waals surface area contributed by atoms with Gasteiger partial charge >= 0.3 is 0 Å². The summed E-state index contributed by atoms with van der Waals surface area (Å²) < 4.78 is 5.54. The van der Waals surface area contributed by atoms with E-state index < -0.39 is 0 Å². The number of hydrogen-bond acceptors (Lipinski definition) is 5. The molecule has 0 fully saturated rings. The van der Waals surface area contributed by atoms with Gasteiger partial charge < -0.3 is 10.2 Å². The average Bonchev–Trinajstić information content (AvgIpc) is 2.88. The molecule has 20 heavy (non-hydrogen) atoms. The summed E-state index contributed by atoms with van der Waals surface area (Å²) in [5, 5.41) is 9.54. The Bertz CT molecular complexity index is 589. The molecule has 1 aromatic carbocycles. The lowest BCUT2D eigenvalue weighted by Gasteiger charge is -2.09. The van der Waals surface area contributed by atoms with Gasteiger partial charge in [0.15, 0.2) is 0 Å². The molecule has 0 aliphatic heterocycles. The topological polar surface area (TPSA) is 64.9 Å². The first-order valence-electron chi connectivity index (χ1n) is 6.13. The molecule has 2 rings (SSSR count). The van der Waals surface area contributed by atoms with E-state index in [0.29, 0.717) is 26.9 Å². The number of aromatic nitrogens is 2. The Kier molecular flexibility index (Phi) is 5.32. The molecular weight excluding hydrogens is 317 g/mol. The highest BCUT2D eigenvalue weighted by molar-refractivity contribution is 7.98. The Hall–Kier alpha value is -0.750. The first-order valence-corrected chi connectivity index (χ1v) is 7.87. The maximum Gasteiger partial charge on any atom is 0.276 e. The van der Waals surface area contributed by atoms with Gasteiger partial charge in [-0.15, -0.1) is 10.2 Å². The average molecular weight is 332 g/mol. The molecule has 2 N–H and O–H groups in total. The Labute approximate surface area is 132 Å². The molecule has 1 atom stereocenters. The Balaban J connectivity index is 1.99. The largest absolute Gasteiger partial charge is 0.414 e. The summed E-state index contributed by atoms with van der Waals surface area (Å²) >= 11 is 13.3. The van der Waals surface area contributed by atoms with E-state index in [2.05, 4.69) is 10.2 Å². The van der Waals surface area contributed by atoms with Gasteiger partial charge in [0.25, 0.3) is 5.22 Å². The molecule has 1 heterocycles. The molecule has 0 aliphatic carbocycles. The summed E-state index contributed by atoms with van der Waals surface area (Å²) in [5.41, 5.74) is 7.00. The van der Waals surface area contributed by atoms with E-state index in [1.807, 2.05) is 26.0 Å². The predicted molar refractivity (Wildman–Crippen MR) is 82.1 cm³/mol. The van der Waals surface area contributed by atoms with Crippen molar-refractivity contribution in [2.45, 2.75) is 30.9 Å². The van der Waals surface area contributed by atoms with Crippen LogP contribution in [0.1, 0.15) is 31.3 Å². The number of thioether (sulfide) groups is 1. The number of hydrogen-bond donors (Lipinski definition) is 1. The predicted octanol–water partition coefficient (Wildman–Crippen LogP) is 4.32. The van der Waals surface area contributed by atoms with Crippen LogP contribution in [0.4, 0.5) is 0 Å². The fraction of sp³-hybridized carbons (Fsp3) is 0.385. The maximum absolute atomic E-state index is 5.97. The van der Waals surface area contributed by atoms with E-state index >= 15 is 0 Å². The van der Waals surface area contributed by atoms with E-state index in [9.17, 15) is 0 Å². The highest BCUT2D eigenvalue weighted by Crippen LogP contribution is 2.28. The van der Waals surface area contributed by atoms with Crippen molar-refractivity contribution in [2.24, 2.45) is 11.7 Å². The Morgan fingerprint density at radius 3 is 2.65 bits per heavy atom. The number of nitrogens with two attached hydrogens (primary N) is 1. The van der Waals surface area contributed by atoms with E-state index in [1.165, 1.54) is 11.8 Å². The summed E-state index contributed by atoms with van der Waals surface area (Å²) in [4.78, 5) is 0. The summed E-state index contributed by atoms with van der Waals surface area (Å²) in [6.07, 6.45) is 0. The quantitative estimate of drug-likeness (QED) is 0.826. The molecule has 0 radical (unpaired) electrons. The van der Waals surface area contributed by atoms with E-state index in [4.69, 9.17) is 33.4 Å². The molecule has 0 saturated carbocycles. The van der Waals surface area contributed by atoms with Crippen molar-refractivity contribution in [1.82, 2.24) is 10.2 Å². The summed E-state index contributed by atoms with van der Waals surface area (Å²) in [7, 11) is 0. The van der Waals surface area contributed by atoms with Gasteiger partial charge in [-0.3, -0.25) is 0 Å². The normalized spacial score (nSPS) is 12.9. The van der Waals surface area contributed by atoms with Crippen LogP contribution in [0.25, 0.3) is 0 Å². The minimum Gasteiger partial charge on any atom is -0.414 e. The molecule has 1 aromatic heterocycles. The molecule has 0 bridgehead atoms.